The molecular weight excluding hydrogens is 216 g/mol. The minimum atomic E-state index is 0.898. The minimum Gasteiger partial charge on any atom is -0.397 e. The second-order valence-corrected chi connectivity index (χ2v) is 4.00. The third kappa shape index (κ3) is 1.04. The van der Waals surface area contributed by atoms with E-state index < -0.39 is 0 Å². The van der Waals surface area contributed by atoms with Crippen LogP contribution in [-0.2, 0) is 12.8 Å². The molecular formula is C9H11BrN2. The molecule has 0 amide bonds. The highest BCUT2D eigenvalue weighted by Crippen LogP contribution is 2.32. The largest absolute Gasteiger partial charge is 0.397 e. The summed E-state index contributed by atoms with van der Waals surface area (Å²) in [7, 11) is 0. The zero-order valence-electron chi connectivity index (χ0n) is 7.02. The van der Waals surface area contributed by atoms with Gasteiger partial charge in [-0.3, -0.25) is 4.98 Å². The summed E-state index contributed by atoms with van der Waals surface area (Å²) in [4.78, 5) is 4.49. The minimum absolute atomic E-state index is 0.898. The zero-order valence-corrected chi connectivity index (χ0v) is 8.61. The smallest absolute Gasteiger partial charge is 0.0620 e. The summed E-state index contributed by atoms with van der Waals surface area (Å²) >= 11 is 3.45. The van der Waals surface area contributed by atoms with Gasteiger partial charge in [-0.05, 0) is 47.7 Å². The van der Waals surface area contributed by atoms with Gasteiger partial charge in [-0.15, -0.1) is 0 Å². The van der Waals surface area contributed by atoms with Gasteiger partial charge in [0.2, 0.25) is 0 Å². The molecule has 2 N–H and O–H groups in total. The number of fused-ring (bicyclic) bond motifs is 1. The average molecular weight is 227 g/mol. The number of halogens is 1. The quantitative estimate of drug-likeness (QED) is 0.738. The number of nitrogens with zero attached hydrogens (tertiary/aromatic N) is 1. The number of anilines is 1. The number of nitrogen functional groups attached to an aromatic ring is 1. The van der Waals surface area contributed by atoms with Gasteiger partial charge in [0.1, 0.15) is 0 Å². The molecule has 1 aromatic rings. The summed E-state index contributed by atoms with van der Waals surface area (Å²) in [5.74, 6) is 0. The number of hydrogen-bond acceptors (Lipinski definition) is 2. The van der Waals surface area contributed by atoms with Crippen molar-refractivity contribution in [3.63, 3.8) is 0 Å². The van der Waals surface area contributed by atoms with Gasteiger partial charge >= 0.3 is 0 Å². The van der Waals surface area contributed by atoms with E-state index in [0.29, 0.717) is 0 Å². The summed E-state index contributed by atoms with van der Waals surface area (Å²) in [6, 6.07) is 0. The third-order valence-corrected chi connectivity index (χ3v) is 3.37. The summed E-state index contributed by atoms with van der Waals surface area (Å²) in [5.41, 5.74) is 10.3. The number of hydrogen-bond donors (Lipinski definition) is 1. The Balaban J connectivity index is 2.67. The highest BCUT2D eigenvalue weighted by Gasteiger charge is 2.18. The van der Waals surface area contributed by atoms with Crippen molar-refractivity contribution in [3.8, 4) is 0 Å². The maximum atomic E-state index is 5.95. The van der Waals surface area contributed by atoms with Crippen molar-refractivity contribution in [1.29, 1.82) is 0 Å². The SMILES string of the molecule is Cc1nc2c(c(N)c1Br)CCC2. The van der Waals surface area contributed by atoms with E-state index in [4.69, 9.17) is 5.73 Å². The van der Waals surface area contributed by atoms with Crippen LogP contribution in [0.1, 0.15) is 23.4 Å². The topological polar surface area (TPSA) is 38.9 Å². The van der Waals surface area contributed by atoms with E-state index in [1.165, 1.54) is 17.7 Å². The molecule has 1 heterocycles. The molecule has 0 aromatic carbocycles. The second-order valence-electron chi connectivity index (χ2n) is 3.20. The van der Waals surface area contributed by atoms with Gasteiger partial charge in [0.05, 0.1) is 15.9 Å². The molecule has 0 atom stereocenters. The summed E-state index contributed by atoms with van der Waals surface area (Å²) in [6.07, 6.45) is 3.38. The molecule has 0 fully saturated rings. The van der Waals surface area contributed by atoms with Crippen LogP contribution < -0.4 is 5.73 Å². The van der Waals surface area contributed by atoms with Crippen molar-refractivity contribution >= 4 is 21.6 Å². The Bertz CT molecular complexity index is 334. The summed E-state index contributed by atoms with van der Waals surface area (Å²) < 4.78 is 0.975. The highest BCUT2D eigenvalue weighted by molar-refractivity contribution is 9.10. The molecule has 12 heavy (non-hydrogen) atoms. The molecule has 0 aliphatic heterocycles. The van der Waals surface area contributed by atoms with Crippen molar-refractivity contribution in [1.82, 2.24) is 4.98 Å². The highest BCUT2D eigenvalue weighted by atomic mass is 79.9. The molecule has 0 bridgehead atoms. The van der Waals surface area contributed by atoms with Gasteiger partial charge in [0.15, 0.2) is 0 Å². The van der Waals surface area contributed by atoms with Crippen LogP contribution in [0.2, 0.25) is 0 Å². The molecule has 1 aliphatic rings. The maximum absolute atomic E-state index is 5.95. The molecule has 0 saturated carbocycles. The van der Waals surface area contributed by atoms with Crippen molar-refractivity contribution in [2.45, 2.75) is 26.2 Å². The maximum Gasteiger partial charge on any atom is 0.0620 e. The van der Waals surface area contributed by atoms with Gasteiger partial charge in [-0.25, -0.2) is 0 Å². The first-order valence-electron chi connectivity index (χ1n) is 4.13. The van der Waals surface area contributed by atoms with Gasteiger partial charge in [0.25, 0.3) is 0 Å². The van der Waals surface area contributed by atoms with Crippen molar-refractivity contribution in [2.75, 3.05) is 5.73 Å². The van der Waals surface area contributed by atoms with Gasteiger partial charge in [-0.2, -0.15) is 0 Å². The first kappa shape index (κ1) is 8.05. The van der Waals surface area contributed by atoms with E-state index in [1.54, 1.807) is 0 Å². The summed E-state index contributed by atoms with van der Waals surface area (Å²) in [6.45, 7) is 1.99. The van der Waals surface area contributed by atoms with Crippen molar-refractivity contribution in [3.05, 3.63) is 21.4 Å². The van der Waals surface area contributed by atoms with Crippen LogP contribution in [0.15, 0.2) is 4.47 Å². The van der Waals surface area contributed by atoms with E-state index >= 15 is 0 Å². The van der Waals surface area contributed by atoms with E-state index in [1.807, 2.05) is 6.92 Å². The lowest BCUT2D eigenvalue weighted by atomic mass is 10.1. The fourth-order valence-corrected chi connectivity index (χ4v) is 2.05. The van der Waals surface area contributed by atoms with Crippen LogP contribution in [0.4, 0.5) is 5.69 Å². The summed E-state index contributed by atoms with van der Waals surface area (Å²) in [5, 5.41) is 0. The Hall–Kier alpha value is -0.570. The molecule has 3 heteroatoms. The molecule has 1 aliphatic carbocycles. The molecule has 2 rings (SSSR count). The first-order valence-corrected chi connectivity index (χ1v) is 4.92. The Kier molecular flexibility index (Phi) is 1.83. The molecule has 0 spiro atoms. The predicted molar refractivity (Wildman–Crippen MR) is 53.1 cm³/mol. The Morgan fingerprint density at radius 2 is 2.17 bits per heavy atom. The molecule has 2 nitrogen and oxygen atoms in total. The molecule has 0 radical (unpaired) electrons. The number of pyridine rings is 1. The molecule has 0 saturated heterocycles. The Morgan fingerprint density at radius 1 is 1.42 bits per heavy atom. The normalized spacial score (nSPS) is 14.8. The standard InChI is InChI=1S/C9H11BrN2/c1-5-8(10)9(11)6-3-2-4-7(6)12-5/h2-4H2,1H3,(H2,11,12). The van der Waals surface area contributed by atoms with Crippen LogP contribution in [0.3, 0.4) is 0 Å². The predicted octanol–water partition coefficient (Wildman–Crippen LogP) is 2.22. The lowest BCUT2D eigenvalue weighted by Gasteiger charge is -2.07. The van der Waals surface area contributed by atoms with E-state index in [2.05, 4.69) is 20.9 Å². The Morgan fingerprint density at radius 3 is 2.92 bits per heavy atom. The van der Waals surface area contributed by atoms with Crippen LogP contribution in [0.5, 0.6) is 0 Å². The fraction of sp³-hybridized carbons (Fsp3) is 0.444. The van der Waals surface area contributed by atoms with Crippen molar-refractivity contribution < 1.29 is 0 Å². The van der Waals surface area contributed by atoms with Gasteiger partial charge in [0, 0.05) is 5.69 Å². The monoisotopic (exact) mass is 226 g/mol. The van der Waals surface area contributed by atoms with Crippen LogP contribution in [0.25, 0.3) is 0 Å². The second kappa shape index (κ2) is 2.73. The number of nitrogens with two attached hydrogens (primary N) is 1. The van der Waals surface area contributed by atoms with E-state index in [0.717, 1.165) is 28.7 Å². The molecule has 1 aromatic heterocycles. The molecule has 64 valence electrons. The van der Waals surface area contributed by atoms with Crippen molar-refractivity contribution in [2.24, 2.45) is 0 Å². The third-order valence-electron chi connectivity index (χ3n) is 2.37. The fourth-order valence-electron chi connectivity index (χ4n) is 1.72. The lowest BCUT2D eigenvalue weighted by molar-refractivity contribution is 0.897. The Labute approximate surface area is 80.3 Å². The molecule has 0 unspecified atom stereocenters. The first-order chi connectivity index (χ1) is 5.70. The lowest BCUT2D eigenvalue weighted by Crippen LogP contribution is -2.00. The van der Waals surface area contributed by atoms with E-state index in [9.17, 15) is 0 Å². The zero-order chi connectivity index (χ0) is 8.72. The number of rotatable bonds is 0. The van der Waals surface area contributed by atoms with Crippen LogP contribution in [-0.4, -0.2) is 4.98 Å². The van der Waals surface area contributed by atoms with Gasteiger partial charge < -0.3 is 5.73 Å². The van der Waals surface area contributed by atoms with Gasteiger partial charge in [-0.1, -0.05) is 0 Å². The van der Waals surface area contributed by atoms with Crippen LogP contribution in [0, 0.1) is 6.92 Å². The average Bonchev–Trinajstić information content (AvgIpc) is 2.48. The van der Waals surface area contributed by atoms with Crippen LogP contribution >= 0.6 is 15.9 Å². The van der Waals surface area contributed by atoms with E-state index in [-0.39, 0.29) is 0 Å². The number of aromatic nitrogens is 1. The number of aryl methyl sites for hydroxylation is 2.